The summed E-state index contributed by atoms with van der Waals surface area (Å²) >= 11 is 0. The van der Waals surface area contributed by atoms with Gasteiger partial charge in [-0.25, -0.2) is 5.43 Å². The van der Waals surface area contributed by atoms with Gasteiger partial charge in [0.05, 0.1) is 22.8 Å². The van der Waals surface area contributed by atoms with E-state index in [1.165, 1.54) is 12.1 Å². The van der Waals surface area contributed by atoms with Crippen LogP contribution in [-0.2, 0) is 10.4 Å². The molecule has 0 spiro atoms. The molecule has 0 fully saturated rings. The van der Waals surface area contributed by atoms with E-state index < -0.39 is 16.4 Å². The van der Waals surface area contributed by atoms with E-state index >= 15 is 0 Å². The molecule has 156 valence electrons. The molecule has 1 aliphatic heterocycles. The number of nitrogens with zero attached hydrogens (tertiary/aromatic N) is 2. The number of hydrazone groups is 1. The number of fused-ring (bicyclic) bond motifs is 1. The SMILES string of the molecule is O=C(N/N=C/c1cc2c(cc1[N+](=O)[O-])OCO2)C(O)(c1ccccc1)c1ccccc1. The van der Waals surface area contributed by atoms with Crippen LogP contribution in [-0.4, -0.2) is 28.9 Å². The Morgan fingerprint density at radius 3 is 2.13 bits per heavy atom. The summed E-state index contributed by atoms with van der Waals surface area (Å²) < 4.78 is 10.4. The van der Waals surface area contributed by atoms with Crippen LogP contribution in [0.2, 0.25) is 0 Å². The molecule has 0 unspecified atom stereocenters. The molecule has 3 aromatic carbocycles. The highest BCUT2D eigenvalue weighted by Crippen LogP contribution is 2.37. The first kappa shape index (κ1) is 20.0. The number of aliphatic hydroxyl groups is 1. The summed E-state index contributed by atoms with van der Waals surface area (Å²) in [5.74, 6) is -0.219. The van der Waals surface area contributed by atoms with Crippen molar-refractivity contribution in [1.29, 1.82) is 0 Å². The van der Waals surface area contributed by atoms with Crippen LogP contribution in [0.15, 0.2) is 77.9 Å². The van der Waals surface area contributed by atoms with E-state index in [0.29, 0.717) is 16.9 Å². The normalized spacial score (nSPS) is 12.7. The Kier molecular flexibility index (Phi) is 5.33. The maximum Gasteiger partial charge on any atom is 0.282 e. The van der Waals surface area contributed by atoms with E-state index in [4.69, 9.17) is 9.47 Å². The predicted molar refractivity (Wildman–Crippen MR) is 111 cm³/mol. The second-order valence-corrected chi connectivity index (χ2v) is 6.66. The molecule has 2 N–H and O–H groups in total. The molecule has 0 saturated carbocycles. The molecule has 0 aromatic heterocycles. The van der Waals surface area contributed by atoms with E-state index in [0.717, 1.165) is 6.21 Å². The first-order chi connectivity index (χ1) is 15.0. The van der Waals surface area contributed by atoms with Crippen LogP contribution < -0.4 is 14.9 Å². The highest BCUT2D eigenvalue weighted by Gasteiger charge is 2.39. The molecular weight excluding hydrogens is 402 g/mol. The average Bonchev–Trinajstić information content (AvgIpc) is 3.26. The van der Waals surface area contributed by atoms with Gasteiger partial charge in [0.2, 0.25) is 6.79 Å². The largest absolute Gasteiger partial charge is 0.454 e. The molecule has 9 heteroatoms. The zero-order valence-corrected chi connectivity index (χ0v) is 16.1. The van der Waals surface area contributed by atoms with Crippen molar-refractivity contribution in [3.05, 3.63) is 99.6 Å². The van der Waals surface area contributed by atoms with Crippen LogP contribution in [0.25, 0.3) is 0 Å². The van der Waals surface area contributed by atoms with E-state index in [1.807, 2.05) is 0 Å². The van der Waals surface area contributed by atoms with Crippen LogP contribution in [0.4, 0.5) is 5.69 Å². The number of nitrogens with one attached hydrogen (secondary N) is 1. The van der Waals surface area contributed by atoms with Gasteiger partial charge < -0.3 is 14.6 Å². The number of hydrogen-bond donors (Lipinski definition) is 2. The Hall–Kier alpha value is -4.24. The standard InChI is InChI=1S/C22H17N3O6/c26-21(22(27,16-7-3-1-4-8-16)17-9-5-2-6-10-17)24-23-13-15-11-19-20(31-14-30-19)12-18(15)25(28)29/h1-13,27H,14H2,(H,24,26)/b23-13+. The summed E-state index contributed by atoms with van der Waals surface area (Å²) in [4.78, 5) is 23.8. The van der Waals surface area contributed by atoms with Crippen molar-refractivity contribution in [3.63, 3.8) is 0 Å². The average molecular weight is 419 g/mol. The Bertz CT molecular complexity index is 1110. The van der Waals surface area contributed by atoms with Crippen molar-refractivity contribution >= 4 is 17.8 Å². The van der Waals surface area contributed by atoms with Crippen LogP contribution in [0.3, 0.4) is 0 Å². The molecule has 31 heavy (non-hydrogen) atoms. The fraction of sp³-hybridized carbons (Fsp3) is 0.0909. The predicted octanol–water partition coefficient (Wildman–Crippen LogP) is 2.71. The minimum absolute atomic E-state index is 0.0367. The fourth-order valence-electron chi connectivity index (χ4n) is 3.24. The Labute approximate surface area is 176 Å². The molecule has 0 radical (unpaired) electrons. The molecule has 0 saturated heterocycles. The third-order valence-electron chi connectivity index (χ3n) is 4.80. The number of carbonyl (C=O) groups is 1. The van der Waals surface area contributed by atoms with Gasteiger partial charge in [0.1, 0.15) is 0 Å². The van der Waals surface area contributed by atoms with Gasteiger partial charge in [0, 0.05) is 0 Å². The monoisotopic (exact) mass is 419 g/mol. The van der Waals surface area contributed by atoms with E-state index in [-0.39, 0.29) is 23.8 Å². The second kappa shape index (κ2) is 8.25. The van der Waals surface area contributed by atoms with E-state index in [2.05, 4.69) is 10.5 Å². The van der Waals surface area contributed by atoms with Gasteiger partial charge in [0.25, 0.3) is 11.6 Å². The lowest BCUT2D eigenvalue weighted by molar-refractivity contribution is -0.385. The van der Waals surface area contributed by atoms with Crippen LogP contribution in [0, 0.1) is 10.1 Å². The van der Waals surface area contributed by atoms with Gasteiger partial charge in [-0.3, -0.25) is 14.9 Å². The number of benzene rings is 3. The molecular formula is C22H17N3O6. The molecule has 0 bridgehead atoms. The van der Waals surface area contributed by atoms with Gasteiger partial charge >= 0.3 is 0 Å². The number of nitro groups is 1. The summed E-state index contributed by atoms with van der Waals surface area (Å²) in [6.45, 7) is -0.0367. The van der Waals surface area contributed by atoms with Crippen LogP contribution in [0.5, 0.6) is 11.5 Å². The quantitative estimate of drug-likeness (QED) is 0.360. The van der Waals surface area contributed by atoms with Gasteiger partial charge in [-0.1, -0.05) is 60.7 Å². The van der Waals surface area contributed by atoms with Crippen molar-refractivity contribution in [2.24, 2.45) is 5.10 Å². The van der Waals surface area contributed by atoms with Gasteiger partial charge in [0.15, 0.2) is 17.1 Å². The topological polar surface area (TPSA) is 123 Å². The molecule has 0 aliphatic carbocycles. The molecule has 0 atom stereocenters. The molecule has 1 aliphatic rings. The van der Waals surface area contributed by atoms with Crippen molar-refractivity contribution in [2.75, 3.05) is 6.79 Å². The molecule has 9 nitrogen and oxygen atoms in total. The lowest BCUT2D eigenvalue weighted by Crippen LogP contribution is -2.43. The van der Waals surface area contributed by atoms with Crippen molar-refractivity contribution in [3.8, 4) is 11.5 Å². The minimum Gasteiger partial charge on any atom is -0.454 e. The zero-order valence-electron chi connectivity index (χ0n) is 16.1. The highest BCUT2D eigenvalue weighted by molar-refractivity contribution is 5.92. The molecule has 1 amide bonds. The van der Waals surface area contributed by atoms with Gasteiger partial charge in [-0.15, -0.1) is 0 Å². The smallest absolute Gasteiger partial charge is 0.282 e. The molecule has 3 aromatic rings. The van der Waals surface area contributed by atoms with Crippen LogP contribution >= 0.6 is 0 Å². The maximum absolute atomic E-state index is 13.0. The number of hydrogen-bond acceptors (Lipinski definition) is 7. The minimum atomic E-state index is -2.01. The third-order valence-corrected chi connectivity index (χ3v) is 4.80. The summed E-state index contributed by atoms with van der Waals surface area (Å²) in [6.07, 6.45) is 1.12. The molecule has 4 rings (SSSR count). The Balaban J connectivity index is 1.64. The lowest BCUT2D eigenvalue weighted by atomic mass is 9.85. The van der Waals surface area contributed by atoms with E-state index in [1.54, 1.807) is 60.7 Å². The number of nitro benzene ring substituents is 1. The lowest BCUT2D eigenvalue weighted by Gasteiger charge is -2.27. The fourth-order valence-corrected chi connectivity index (χ4v) is 3.24. The van der Waals surface area contributed by atoms with E-state index in [9.17, 15) is 20.0 Å². The molecule has 1 heterocycles. The number of ether oxygens (including phenoxy) is 2. The summed E-state index contributed by atoms with van der Waals surface area (Å²) in [5.41, 5.74) is 0.823. The second-order valence-electron chi connectivity index (χ2n) is 6.66. The number of amides is 1. The number of carbonyl (C=O) groups excluding carboxylic acids is 1. The first-order valence-electron chi connectivity index (χ1n) is 9.25. The number of rotatable bonds is 6. The van der Waals surface area contributed by atoms with Gasteiger partial charge in [-0.05, 0) is 17.2 Å². The van der Waals surface area contributed by atoms with Crippen molar-refractivity contribution < 1.29 is 24.3 Å². The van der Waals surface area contributed by atoms with Crippen molar-refractivity contribution in [2.45, 2.75) is 5.60 Å². The van der Waals surface area contributed by atoms with Gasteiger partial charge in [-0.2, -0.15) is 5.10 Å². The summed E-state index contributed by atoms with van der Waals surface area (Å²) in [5, 5.41) is 26.6. The third kappa shape index (κ3) is 3.81. The maximum atomic E-state index is 13.0. The zero-order chi connectivity index (χ0) is 21.8. The Morgan fingerprint density at radius 1 is 1.03 bits per heavy atom. The first-order valence-corrected chi connectivity index (χ1v) is 9.25. The van der Waals surface area contributed by atoms with Crippen molar-refractivity contribution in [1.82, 2.24) is 5.43 Å². The van der Waals surface area contributed by atoms with Crippen LogP contribution in [0.1, 0.15) is 16.7 Å². The highest BCUT2D eigenvalue weighted by atomic mass is 16.7. The summed E-state index contributed by atoms with van der Waals surface area (Å²) in [7, 11) is 0. The summed E-state index contributed by atoms with van der Waals surface area (Å²) in [6, 6.07) is 19.5. The Morgan fingerprint density at radius 2 is 1.58 bits per heavy atom.